The van der Waals surface area contributed by atoms with E-state index in [2.05, 4.69) is 28.5 Å². The number of benzene rings is 2. The molecule has 1 N–H and O–H groups in total. The van der Waals surface area contributed by atoms with Crippen LogP contribution in [0, 0.1) is 5.92 Å². The number of aromatic nitrogens is 1. The first kappa shape index (κ1) is 16.9. The predicted octanol–water partition coefficient (Wildman–Crippen LogP) is 3.85. The minimum Gasteiger partial charge on any atom is -0.302 e. The van der Waals surface area contributed by atoms with Crippen LogP contribution in [-0.2, 0) is 14.6 Å². The van der Waals surface area contributed by atoms with Gasteiger partial charge in [-0.1, -0.05) is 48.5 Å². The molecule has 0 radical (unpaired) electrons. The molecule has 1 aliphatic heterocycles. The average Bonchev–Trinajstić information content (AvgIpc) is 3.20. The molecule has 0 aliphatic carbocycles. The second kappa shape index (κ2) is 6.66. The number of sulfone groups is 1. The van der Waals surface area contributed by atoms with Crippen molar-refractivity contribution in [1.82, 2.24) is 4.98 Å². The summed E-state index contributed by atoms with van der Waals surface area (Å²) < 4.78 is 22.8. The van der Waals surface area contributed by atoms with Crippen LogP contribution in [0.2, 0.25) is 0 Å². The Hall–Kier alpha value is -2.51. The van der Waals surface area contributed by atoms with E-state index in [1.165, 1.54) is 16.7 Å². The lowest BCUT2D eigenvalue weighted by Crippen LogP contribution is -2.17. The van der Waals surface area contributed by atoms with Crippen molar-refractivity contribution in [1.29, 1.82) is 0 Å². The third-order valence-electron chi connectivity index (χ3n) is 4.27. The van der Waals surface area contributed by atoms with Gasteiger partial charge >= 0.3 is 0 Å². The molecule has 1 atom stereocenters. The van der Waals surface area contributed by atoms with Crippen LogP contribution in [0.4, 0.5) is 5.13 Å². The van der Waals surface area contributed by atoms with E-state index in [1.54, 1.807) is 6.08 Å². The number of carbonyl (C=O) groups is 1. The molecule has 1 aliphatic rings. The number of allylic oxidation sites excluding steroid dienone is 1. The molecule has 0 spiro atoms. The monoisotopic (exact) mass is 384 g/mol. The summed E-state index contributed by atoms with van der Waals surface area (Å²) >= 11 is 1.36. The Balaban J connectivity index is 1.50. The lowest BCUT2D eigenvalue weighted by molar-refractivity contribution is -0.116. The van der Waals surface area contributed by atoms with Gasteiger partial charge in [0.25, 0.3) is 0 Å². The van der Waals surface area contributed by atoms with Gasteiger partial charge in [-0.25, -0.2) is 13.4 Å². The highest BCUT2D eigenvalue weighted by Gasteiger charge is 2.24. The zero-order chi connectivity index (χ0) is 18.1. The van der Waals surface area contributed by atoms with Gasteiger partial charge in [-0.2, -0.15) is 0 Å². The lowest BCUT2D eigenvalue weighted by atomic mass is 10.0. The Labute approximate surface area is 155 Å². The summed E-state index contributed by atoms with van der Waals surface area (Å²) in [6, 6.07) is 14.1. The van der Waals surface area contributed by atoms with Gasteiger partial charge in [0, 0.05) is 28.7 Å². The number of thiazole rings is 1. The molecule has 5 nitrogen and oxygen atoms in total. The van der Waals surface area contributed by atoms with Crippen molar-refractivity contribution in [3.63, 3.8) is 0 Å². The highest BCUT2D eigenvalue weighted by Crippen LogP contribution is 2.31. The summed E-state index contributed by atoms with van der Waals surface area (Å²) in [5.41, 5.74) is 1.83. The zero-order valence-electron chi connectivity index (χ0n) is 13.8. The molecule has 0 bridgehead atoms. The first-order chi connectivity index (χ1) is 12.5. The third-order valence-corrected chi connectivity index (χ3v) is 6.49. The van der Waals surface area contributed by atoms with E-state index in [1.807, 2.05) is 29.6 Å². The number of nitrogens with one attached hydrogen (secondary N) is 1. The number of anilines is 1. The molecule has 26 heavy (non-hydrogen) atoms. The predicted molar refractivity (Wildman–Crippen MR) is 105 cm³/mol. The molecule has 0 saturated heterocycles. The third kappa shape index (κ3) is 3.54. The smallest absolute Gasteiger partial charge is 0.226 e. The van der Waals surface area contributed by atoms with Gasteiger partial charge in [-0.15, -0.1) is 11.3 Å². The maximum atomic E-state index is 12.2. The van der Waals surface area contributed by atoms with E-state index < -0.39 is 9.84 Å². The van der Waals surface area contributed by atoms with E-state index in [4.69, 9.17) is 0 Å². The number of amides is 1. The van der Waals surface area contributed by atoms with Crippen molar-refractivity contribution in [2.75, 3.05) is 11.1 Å². The summed E-state index contributed by atoms with van der Waals surface area (Å²) in [7, 11) is -3.14. The lowest BCUT2D eigenvalue weighted by Gasteiger charge is -2.06. The molecule has 1 amide bonds. The molecular formula is C19H16N2O3S2. The molecule has 132 valence electrons. The average molecular weight is 384 g/mol. The van der Waals surface area contributed by atoms with Crippen molar-refractivity contribution >= 4 is 43.0 Å². The second-order valence-electron chi connectivity index (χ2n) is 6.24. The van der Waals surface area contributed by atoms with Gasteiger partial charge in [0.2, 0.25) is 5.91 Å². The number of fused-ring (bicyclic) bond motifs is 1. The molecule has 7 heteroatoms. The van der Waals surface area contributed by atoms with Crippen molar-refractivity contribution in [2.45, 2.75) is 6.42 Å². The van der Waals surface area contributed by atoms with E-state index >= 15 is 0 Å². The van der Waals surface area contributed by atoms with E-state index in [-0.39, 0.29) is 24.0 Å². The largest absolute Gasteiger partial charge is 0.302 e. The first-order valence-corrected chi connectivity index (χ1v) is 10.7. The van der Waals surface area contributed by atoms with Crippen molar-refractivity contribution in [3.05, 3.63) is 59.3 Å². The Bertz CT molecular complexity index is 1110. The number of hydrogen-bond donors (Lipinski definition) is 1. The summed E-state index contributed by atoms with van der Waals surface area (Å²) in [6.45, 7) is 0. The van der Waals surface area contributed by atoms with E-state index in [0.717, 1.165) is 22.0 Å². The van der Waals surface area contributed by atoms with Crippen molar-refractivity contribution < 1.29 is 13.2 Å². The van der Waals surface area contributed by atoms with Crippen LogP contribution in [0.3, 0.4) is 0 Å². The molecule has 1 unspecified atom stereocenters. The quantitative estimate of drug-likeness (QED) is 0.741. The van der Waals surface area contributed by atoms with Gasteiger partial charge in [-0.05, 0) is 10.8 Å². The van der Waals surface area contributed by atoms with Crippen LogP contribution < -0.4 is 5.32 Å². The van der Waals surface area contributed by atoms with Gasteiger partial charge in [0.1, 0.15) is 0 Å². The van der Waals surface area contributed by atoms with Crippen molar-refractivity contribution in [3.8, 4) is 11.3 Å². The topological polar surface area (TPSA) is 76.1 Å². The summed E-state index contributed by atoms with van der Waals surface area (Å²) in [5, 5.41) is 8.64. The molecule has 2 heterocycles. The minimum absolute atomic E-state index is 0.000453. The Morgan fingerprint density at radius 2 is 2.00 bits per heavy atom. The second-order valence-corrected chi connectivity index (χ2v) is 9.02. The number of rotatable bonds is 4. The Kier molecular flexibility index (Phi) is 4.34. The normalized spacial score (nSPS) is 18.2. The molecular weight excluding hydrogens is 368 g/mol. The van der Waals surface area contributed by atoms with Crippen LogP contribution in [0.5, 0.6) is 0 Å². The van der Waals surface area contributed by atoms with Crippen LogP contribution in [-0.4, -0.2) is 25.1 Å². The molecule has 0 fully saturated rings. The minimum atomic E-state index is -3.14. The van der Waals surface area contributed by atoms with E-state index in [0.29, 0.717) is 5.13 Å². The standard InChI is InChI=1S/C19H16N2O3S2/c22-18(10-13-8-9-26(23,24)12-13)21-19-20-17(11-25-19)16-7-3-5-14-4-1-2-6-15(14)16/h1-9,11,13H,10,12H2,(H,20,21,22). The fourth-order valence-electron chi connectivity index (χ4n) is 3.08. The Morgan fingerprint density at radius 3 is 2.81 bits per heavy atom. The maximum Gasteiger partial charge on any atom is 0.226 e. The van der Waals surface area contributed by atoms with Crippen LogP contribution >= 0.6 is 11.3 Å². The summed E-state index contributed by atoms with van der Waals surface area (Å²) in [5.74, 6) is -0.493. The summed E-state index contributed by atoms with van der Waals surface area (Å²) in [6.07, 6.45) is 1.72. The molecule has 0 saturated carbocycles. The summed E-state index contributed by atoms with van der Waals surface area (Å²) in [4.78, 5) is 16.7. The zero-order valence-corrected chi connectivity index (χ0v) is 15.4. The molecule has 4 rings (SSSR count). The molecule has 3 aromatic rings. The first-order valence-electron chi connectivity index (χ1n) is 8.15. The van der Waals surface area contributed by atoms with Crippen LogP contribution in [0.15, 0.2) is 59.3 Å². The fraction of sp³-hybridized carbons (Fsp3) is 0.158. The highest BCUT2D eigenvalue weighted by molar-refractivity contribution is 7.94. The van der Waals surface area contributed by atoms with E-state index in [9.17, 15) is 13.2 Å². The Morgan fingerprint density at radius 1 is 1.19 bits per heavy atom. The van der Waals surface area contributed by atoms with Gasteiger partial charge < -0.3 is 5.32 Å². The SMILES string of the molecule is O=C(CC1C=CS(=O)(=O)C1)Nc1nc(-c2cccc3ccccc23)cs1. The number of hydrogen-bond acceptors (Lipinski definition) is 5. The van der Waals surface area contributed by atoms with Gasteiger partial charge in [0.05, 0.1) is 11.4 Å². The molecule has 2 aromatic carbocycles. The maximum absolute atomic E-state index is 12.2. The highest BCUT2D eigenvalue weighted by atomic mass is 32.2. The van der Waals surface area contributed by atoms with Crippen LogP contribution in [0.25, 0.3) is 22.0 Å². The fourth-order valence-corrected chi connectivity index (χ4v) is 5.20. The van der Waals surface area contributed by atoms with Gasteiger partial charge in [0.15, 0.2) is 15.0 Å². The molecule has 1 aromatic heterocycles. The number of carbonyl (C=O) groups excluding carboxylic acids is 1. The van der Waals surface area contributed by atoms with Gasteiger partial charge in [-0.3, -0.25) is 4.79 Å². The van der Waals surface area contributed by atoms with Crippen LogP contribution in [0.1, 0.15) is 6.42 Å². The number of nitrogens with zero attached hydrogens (tertiary/aromatic N) is 1. The van der Waals surface area contributed by atoms with Crippen molar-refractivity contribution in [2.24, 2.45) is 5.92 Å².